The predicted molar refractivity (Wildman–Crippen MR) is 81.8 cm³/mol. The molecule has 4 atom stereocenters. The summed E-state index contributed by atoms with van der Waals surface area (Å²) in [6.07, 6.45) is 4.45. The third-order valence-electron chi connectivity index (χ3n) is 4.50. The molecule has 1 fully saturated rings. The molecule has 0 spiro atoms. The molecule has 2 bridgehead atoms. The summed E-state index contributed by atoms with van der Waals surface area (Å²) >= 11 is 0. The summed E-state index contributed by atoms with van der Waals surface area (Å²) in [4.78, 5) is 23.8. The smallest absolute Gasteiger partial charge is 0.307 e. The van der Waals surface area contributed by atoms with Gasteiger partial charge in [0.25, 0.3) is 0 Å². The molecule has 122 valence electrons. The van der Waals surface area contributed by atoms with Crippen molar-refractivity contribution in [1.29, 1.82) is 0 Å². The van der Waals surface area contributed by atoms with Crippen molar-refractivity contribution in [2.75, 3.05) is 5.32 Å². The number of anilines is 1. The van der Waals surface area contributed by atoms with Crippen molar-refractivity contribution in [3.05, 3.63) is 36.4 Å². The van der Waals surface area contributed by atoms with Crippen LogP contribution in [0.25, 0.3) is 0 Å². The molecule has 2 aliphatic carbocycles. The van der Waals surface area contributed by atoms with E-state index in [9.17, 15) is 23.1 Å². The lowest BCUT2D eigenvalue weighted by atomic mass is 9.82. The van der Waals surface area contributed by atoms with Crippen LogP contribution in [0.1, 0.15) is 6.42 Å². The van der Waals surface area contributed by atoms with E-state index in [1.807, 2.05) is 12.2 Å². The minimum Gasteiger partial charge on any atom is -0.481 e. The van der Waals surface area contributed by atoms with E-state index in [1.54, 1.807) is 0 Å². The maximum atomic E-state index is 12.5. The zero-order chi connectivity index (χ0) is 16.8. The average Bonchev–Trinajstić information content (AvgIpc) is 3.07. The monoisotopic (exact) mass is 336 g/mol. The van der Waals surface area contributed by atoms with Crippen LogP contribution in [0.4, 0.5) is 5.69 Å². The van der Waals surface area contributed by atoms with Crippen LogP contribution in [0, 0.1) is 23.7 Å². The highest BCUT2D eigenvalue weighted by Crippen LogP contribution is 2.48. The van der Waals surface area contributed by atoms with Gasteiger partial charge in [0.2, 0.25) is 15.9 Å². The predicted octanol–water partition coefficient (Wildman–Crippen LogP) is 0.795. The first-order chi connectivity index (χ1) is 10.8. The molecule has 1 aromatic rings. The van der Waals surface area contributed by atoms with Gasteiger partial charge in [0.05, 0.1) is 16.7 Å². The Hall–Kier alpha value is -2.19. The van der Waals surface area contributed by atoms with Crippen LogP contribution in [0.5, 0.6) is 0 Å². The van der Waals surface area contributed by atoms with Crippen LogP contribution in [-0.2, 0) is 19.6 Å². The largest absolute Gasteiger partial charge is 0.481 e. The van der Waals surface area contributed by atoms with Crippen LogP contribution in [0.15, 0.2) is 41.3 Å². The van der Waals surface area contributed by atoms with Crippen LogP contribution in [-0.4, -0.2) is 25.4 Å². The van der Waals surface area contributed by atoms with Crippen molar-refractivity contribution < 1.29 is 23.1 Å². The van der Waals surface area contributed by atoms with E-state index in [0.717, 1.165) is 0 Å². The van der Waals surface area contributed by atoms with Crippen molar-refractivity contribution in [2.24, 2.45) is 28.8 Å². The van der Waals surface area contributed by atoms with Gasteiger partial charge in [-0.3, -0.25) is 9.59 Å². The van der Waals surface area contributed by atoms with E-state index in [2.05, 4.69) is 5.32 Å². The highest BCUT2D eigenvalue weighted by Gasteiger charge is 2.51. The van der Waals surface area contributed by atoms with Gasteiger partial charge in [0.15, 0.2) is 0 Å². The number of aliphatic carboxylic acids is 1. The molecular formula is C15H16N2O5S. The Morgan fingerprint density at radius 2 is 1.65 bits per heavy atom. The first-order valence-electron chi connectivity index (χ1n) is 7.12. The third kappa shape index (κ3) is 2.87. The molecule has 0 saturated heterocycles. The molecule has 1 saturated carbocycles. The normalized spacial score (nSPS) is 28.7. The fourth-order valence-electron chi connectivity index (χ4n) is 3.47. The topological polar surface area (TPSA) is 127 Å². The Bertz CT molecular complexity index is 785. The number of benzene rings is 1. The summed E-state index contributed by atoms with van der Waals surface area (Å²) in [6, 6.07) is 5.44. The minimum absolute atomic E-state index is 0.0539. The molecule has 3 rings (SSSR count). The van der Waals surface area contributed by atoms with Crippen molar-refractivity contribution in [2.45, 2.75) is 11.3 Å². The van der Waals surface area contributed by atoms with E-state index in [-0.39, 0.29) is 22.6 Å². The molecule has 1 amide bonds. The summed E-state index contributed by atoms with van der Waals surface area (Å²) in [6.45, 7) is 0. The number of hydrogen-bond acceptors (Lipinski definition) is 4. The van der Waals surface area contributed by atoms with Gasteiger partial charge >= 0.3 is 5.97 Å². The average molecular weight is 336 g/mol. The van der Waals surface area contributed by atoms with Crippen molar-refractivity contribution >= 4 is 27.6 Å². The molecule has 23 heavy (non-hydrogen) atoms. The Labute approximate surface area is 133 Å². The summed E-state index contributed by atoms with van der Waals surface area (Å²) in [5.41, 5.74) is 0.401. The van der Waals surface area contributed by atoms with Crippen LogP contribution in [0.3, 0.4) is 0 Å². The first kappa shape index (κ1) is 15.7. The highest BCUT2D eigenvalue weighted by molar-refractivity contribution is 7.89. The van der Waals surface area contributed by atoms with Gasteiger partial charge in [-0.1, -0.05) is 12.2 Å². The van der Waals surface area contributed by atoms with Gasteiger partial charge in [0.1, 0.15) is 0 Å². The van der Waals surface area contributed by atoms with Gasteiger partial charge in [-0.2, -0.15) is 0 Å². The van der Waals surface area contributed by atoms with Gasteiger partial charge in [-0.25, -0.2) is 13.6 Å². The SMILES string of the molecule is NS(=O)(=O)c1ccc(NC(=O)[C@@H]2[C@H](C(=O)O)[C@@H]3C=C[C@H]2C3)cc1. The number of nitrogens with one attached hydrogen (secondary N) is 1. The molecule has 0 unspecified atom stereocenters. The Balaban J connectivity index is 1.77. The number of carboxylic acids is 1. The molecule has 8 heteroatoms. The van der Waals surface area contributed by atoms with Crippen LogP contribution in [0.2, 0.25) is 0 Å². The van der Waals surface area contributed by atoms with E-state index < -0.39 is 27.8 Å². The zero-order valence-electron chi connectivity index (χ0n) is 12.0. The summed E-state index contributed by atoms with van der Waals surface area (Å²) < 4.78 is 22.4. The number of amides is 1. The summed E-state index contributed by atoms with van der Waals surface area (Å²) in [7, 11) is -3.79. The molecule has 2 aliphatic rings. The Kier molecular flexibility index (Phi) is 3.73. The van der Waals surface area contributed by atoms with Crippen molar-refractivity contribution in [3.63, 3.8) is 0 Å². The van der Waals surface area contributed by atoms with Gasteiger partial charge in [-0.05, 0) is 42.5 Å². The number of carbonyl (C=O) groups is 2. The second kappa shape index (κ2) is 5.47. The van der Waals surface area contributed by atoms with E-state index in [0.29, 0.717) is 12.1 Å². The number of carbonyl (C=O) groups excluding carboxylic acids is 1. The van der Waals surface area contributed by atoms with Gasteiger partial charge in [-0.15, -0.1) is 0 Å². The van der Waals surface area contributed by atoms with E-state index >= 15 is 0 Å². The minimum atomic E-state index is -3.79. The second-order valence-corrected chi connectivity index (χ2v) is 7.46. The molecule has 0 radical (unpaired) electrons. The molecule has 7 nitrogen and oxygen atoms in total. The number of rotatable bonds is 4. The number of allylic oxidation sites excluding steroid dienone is 2. The molecule has 0 aromatic heterocycles. The van der Waals surface area contributed by atoms with Crippen molar-refractivity contribution in [1.82, 2.24) is 0 Å². The summed E-state index contributed by atoms with van der Waals surface area (Å²) in [5.74, 6) is -2.82. The summed E-state index contributed by atoms with van der Waals surface area (Å²) in [5, 5.41) is 17.0. The zero-order valence-corrected chi connectivity index (χ0v) is 12.9. The second-order valence-electron chi connectivity index (χ2n) is 5.90. The van der Waals surface area contributed by atoms with Gasteiger partial charge in [0, 0.05) is 5.69 Å². The lowest BCUT2D eigenvalue weighted by Gasteiger charge is -2.23. The number of hydrogen-bond donors (Lipinski definition) is 3. The van der Waals surface area contributed by atoms with Gasteiger partial charge < -0.3 is 10.4 Å². The number of sulfonamides is 1. The maximum absolute atomic E-state index is 12.5. The quantitative estimate of drug-likeness (QED) is 0.701. The number of nitrogens with two attached hydrogens (primary N) is 1. The maximum Gasteiger partial charge on any atom is 0.307 e. The number of fused-ring (bicyclic) bond motifs is 2. The molecule has 1 aromatic carbocycles. The lowest BCUT2D eigenvalue weighted by molar-refractivity contribution is -0.146. The first-order valence-corrected chi connectivity index (χ1v) is 8.67. The van der Waals surface area contributed by atoms with E-state index in [1.165, 1.54) is 24.3 Å². The molecule has 0 heterocycles. The Morgan fingerprint density at radius 3 is 2.17 bits per heavy atom. The standard InChI is InChI=1S/C15H16N2O5S/c16-23(21,22)11-5-3-10(4-6-11)17-14(18)12-8-1-2-9(7-8)13(12)15(19)20/h1-6,8-9,12-13H,7H2,(H,17,18)(H,19,20)(H2,16,21,22)/t8-,9+,12-,13+/m0/s1. The number of primary sulfonamides is 1. The third-order valence-corrected chi connectivity index (χ3v) is 5.43. The highest BCUT2D eigenvalue weighted by atomic mass is 32.2. The van der Waals surface area contributed by atoms with Crippen molar-refractivity contribution in [3.8, 4) is 0 Å². The van der Waals surface area contributed by atoms with E-state index in [4.69, 9.17) is 5.14 Å². The number of carboxylic acid groups (broad SMARTS) is 1. The fraction of sp³-hybridized carbons (Fsp3) is 0.333. The lowest BCUT2D eigenvalue weighted by Crippen LogP contribution is -2.36. The molecule has 4 N–H and O–H groups in total. The molecular weight excluding hydrogens is 320 g/mol. The van der Waals surface area contributed by atoms with Crippen LogP contribution < -0.4 is 10.5 Å². The Morgan fingerprint density at radius 1 is 1.09 bits per heavy atom. The molecule has 0 aliphatic heterocycles. The van der Waals surface area contributed by atoms with Crippen LogP contribution >= 0.6 is 0 Å². The fourth-order valence-corrected chi connectivity index (χ4v) is 3.99.